The predicted octanol–water partition coefficient (Wildman–Crippen LogP) is 5.81. The van der Waals surface area contributed by atoms with Crippen molar-refractivity contribution in [1.82, 2.24) is 5.32 Å². The number of amides is 2. The van der Waals surface area contributed by atoms with Gasteiger partial charge in [0, 0.05) is 11.4 Å². The van der Waals surface area contributed by atoms with Crippen molar-refractivity contribution in [3.8, 4) is 0 Å². The lowest BCUT2D eigenvalue weighted by Gasteiger charge is -2.30. The highest BCUT2D eigenvalue weighted by atomic mass is 32.2. The van der Waals surface area contributed by atoms with E-state index in [1.54, 1.807) is 4.90 Å². The molecule has 0 saturated carbocycles. The van der Waals surface area contributed by atoms with Gasteiger partial charge in [-0.25, -0.2) is 0 Å². The molecule has 0 fully saturated rings. The van der Waals surface area contributed by atoms with Crippen LogP contribution in [-0.4, -0.2) is 24.9 Å². The SMILES string of the molecule is CCCC[C@H](CC)CNC(=O)CN1C(=O)/C(=C/c2ccc(C)cc2)Sc2ccccc21. The highest BCUT2D eigenvalue weighted by Crippen LogP contribution is 2.41. The second-order valence-electron chi connectivity index (χ2n) is 8.10. The van der Waals surface area contributed by atoms with Crippen LogP contribution < -0.4 is 10.2 Å². The molecule has 1 N–H and O–H groups in total. The van der Waals surface area contributed by atoms with Gasteiger partial charge in [-0.05, 0) is 43.0 Å². The second-order valence-corrected chi connectivity index (χ2v) is 9.18. The fourth-order valence-corrected chi connectivity index (χ4v) is 4.69. The molecule has 2 amide bonds. The summed E-state index contributed by atoms with van der Waals surface area (Å²) in [6.45, 7) is 7.09. The number of nitrogens with zero attached hydrogens (tertiary/aromatic N) is 1. The highest BCUT2D eigenvalue weighted by molar-refractivity contribution is 8.04. The minimum Gasteiger partial charge on any atom is -0.354 e. The van der Waals surface area contributed by atoms with Gasteiger partial charge in [-0.2, -0.15) is 0 Å². The number of unbranched alkanes of at least 4 members (excludes halogenated alkanes) is 1. The first kappa shape index (κ1) is 23.1. The van der Waals surface area contributed by atoms with Gasteiger partial charge < -0.3 is 5.32 Å². The molecule has 164 valence electrons. The van der Waals surface area contributed by atoms with E-state index in [9.17, 15) is 9.59 Å². The molecule has 2 aromatic rings. The summed E-state index contributed by atoms with van der Waals surface area (Å²) in [5.74, 6) is 0.248. The normalized spacial score (nSPS) is 15.6. The number of benzene rings is 2. The van der Waals surface area contributed by atoms with Crippen molar-refractivity contribution < 1.29 is 9.59 Å². The molecule has 4 nitrogen and oxygen atoms in total. The fraction of sp³-hybridized carbons (Fsp3) is 0.385. The topological polar surface area (TPSA) is 49.4 Å². The summed E-state index contributed by atoms with van der Waals surface area (Å²) in [6.07, 6.45) is 6.42. The summed E-state index contributed by atoms with van der Waals surface area (Å²) < 4.78 is 0. The lowest BCUT2D eigenvalue weighted by molar-refractivity contribution is -0.122. The van der Waals surface area contributed by atoms with Crippen LogP contribution in [0.15, 0.2) is 58.3 Å². The van der Waals surface area contributed by atoms with Crippen LogP contribution in [0.3, 0.4) is 0 Å². The summed E-state index contributed by atoms with van der Waals surface area (Å²) in [5, 5.41) is 3.05. The smallest absolute Gasteiger partial charge is 0.265 e. The molecular weight excluding hydrogens is 404 g/mol. The Morgan fingerprint density at radius 1 is 1.13 bits per heavy atom. The van der Waals surface area contributed by atoms with Crippen LogP contribution in [0.25, 0.3) is 6.08 Å². The molecule has 1 aliphatic heterocycles. The summed E-state index contributed by atoms with van der Waals surface area (Å²) in [6, 6.07) is 15.9. The molecule has 0 bridgehead atoms. The van der Waals surface area contributed by atoms with Gasteiger partial charge >= 0.3 is 0 Å². The Morgan fingerprint density at radius 2 is 1.87 bits per heavy atom. The standard InChI is InChI=1S/C26H32N2O2S/c1-4-6-9-20(5-2)17-27-25(29)18-28-22-10-7-8-11-23(22)31-24(26(28)30)16-21-14-12-19(3)13-15-21/h7-8,10-16,20H,4-6,9,17-18H2,1-3H3,(H,27,29)/b24-16-/t20-/m0/s1. The maximum atomic E-state index is 13.3. The van der Waals surface area contributed by atoms with E-state index in [1.165, 1.54) is 23.7 Å². The molecule has 1 heterocycles. The molecule has 0 spiro atoms. The molecule has 1 atom stereocenters. The summed E-state index contributed by atoms with van der Waals surface area (Å²) in [7, 11) is 0. The minimum atomic E-state index is -0.127. The minimum absolute atomic E-state index is 0.0336. The van der Waals surface area contributed by atoms with Crippen LogP contribution >= 0.6 is 11.8 Å². The number of nitrogens with one attached hydrogen (secondary N) is 1. The van der Waals surface area contributed by atoms with Gasteiger partial charge in [-0.1, -0.05) is 86.8 Å². The molecule has 0 unspecified atom stereocenters. The largest absolute Gasteiger partial charge is 0.354 e. The van der Waals surface area contributed by atoms with Gasteiger partial charge in [0.25, 0.3) is 5.91 Å². The molecule has 3 rings (SSSR count). The average Bonchev–Trinajstić information content (AvgIpc) is 2.78. The van der Waals surface area contributed by atoms with E-state index in [4.69, 9.17) is 0 Å². The Hall–Kier alpha value is -2.53. The van der Waals surface area contributed by atoms with Gasteiger partial charge in [0.15, 0.2) is 0 Å². The highest BCUT2D eigenvalue weighted by Gasteiger charge is 2.30. The molecular formula is C26H32N2O2S. The van der Waals surface area contributed by atoms with Crippen molar-refractivity contribution in [3.05, 3.63) is 64.6 Å². The lowest BCUT2D eigenvalue weighted by atomic mass is 9.99. The van der Waals surface area contributed by atoms with Crippen molar-refractivity contribution in [1.29, 1.82) is 0 Å². The summed E-state index contributed by atoms with van der Waals surface area (Å²) >= 11 is 1.46. The zero-order valence-electron chi connectivity index (χ0n) is 18.7. The van der Waals surface area contributed by atoms with E-state index >= 15 is 0 Å². The Bertz CT molecular complexity index is 937. The maximum absolute atomic E-state index is 13.3. The van der Waals surface area contributed by atoms with E-state index < -0.39 is 0 Å². The molecule has 0 aromatic heterocycles. The number of para-hydroxylation sites is 1. The van der Waals surface area contributed by atoms with Crippen molar-refractivity contribution >= 4 is 35.3 Å². The van der Waals surface area contributed by atoms with Gasteiger partial charge in [-0.15, -0.1) is 0 Å². The monoisotopic (exact) mass is 436 g/mol. The van der Waals surface area contributed by atoms with Crippen molar-refractivity contribution in [2.24, 2.45) is 5.92 Å². The van der Waals surface area contributed by atoms with Crippen molar-refractivity contribution in [2.45, 2.75) is 51.3 Å². The summed E-state index contributed by atoms with van der Waals surface area (Å²) in [4.78, 5) is 29.2. The third-order valence-corrected chi connectivity index (χ3v) is 6.72. The number of fused-ring (bicyclic) bond motifs is 1. The van der Waals surface area contributed by atoms with Crippen molar-refractivity contribution in [2.75, 3.05) is 18.0 Å². The van der Waals surface area contributed by atoms with E-state index in [1.807, 2.05) is 61.5 Å². The fourth-order valence-electron chi connectivity index (χ4n) is 3.63. The van der Waals surface area contributed by atoms with E-state index in [0.29, 0.717) is 17.4 Å². The van der Waals surface area contributed by atoms with Crippen LogP contribution in [-0.2, 0) is 9.59 Å². The van der Waals surface area contributed by atoms with Crippen molar-refractivity contribution in [3.63, 3.8) is 0 Å². The Balaban J connectivity index is 1.75. The Kier molecular flexibility index (Phi) is 8.35. The Labute approximate surface area is 190 Å². The summed E-state index contributed by atoms with van der Waals surface area (Å²) in [5.41, 5.74) is 2.96. The number of aryl methyl sites for hydroxylation is 1. The molecule has 2 aromatic carbocycles. The maximum Gasteiger partial charge on any atom is 0.265 e. The molecule has 5 heteroatoms. The second kappa shape index (κ2) is 11.2. The first-order chi connectivity index (χ1) is 15.0. The molecule has 31 heavy (non-hydrogen) atoms. The van der Waals surface area contributed by atoms with Gasteiger partial charge in [0.05, 0.1) is 10.6 Å². The zero-order valence-corrected chi connectivity index (χ0v) is 19.5. The third kappa shape index (κ3) is 6.23. The van der Waals surface area contributed by atoms with E-state index in [0.717, 1.165) is 35.4 Å². The van der Waals surface area contributed by atoms with Crippen LogP contribution in [0, 0.1) is 12.8 Å². The molecule has 0 aliphatic carbocycles. The predicted molar refractivity (Wildman–Crippen MR) is 130 cm³/mol. The number of anilines is 1. The number of carbonyl (C=O) groups excluding carboxylic acids is 2. The quantitative estimate of drug-likeness (QED) is 0.505. The number of hydrogen-bond donors (Lipinski definition) is 1. The van der Waals surface area contributed by atoms with Crippen LogP contribution in [0.1, 0.15) is 50.7 Å². The number of rotatable bonds is 9. The molecule has 0 radical (unpaired) electrons. The van der Waals surface area contributed by atoms with Crippen LogP contribution in [0.4, 0.5) is 5.69 Å². The van der Waals surface area contributed by atoms with Gasteiger partial charge in [-0.3, -0.25) is 14.5 Å². The first-order valence-corrected chi connectivity index (χ1v) is 12.0. The third-order valence-electron chi connectivity index (χ3n) is 5.64. The first-order valence-electron chi connectivity index (χ1n) is 11.2. The van der Waals surface area contributed by atoms with Crippen LogP contribution in [0.5, 0.6) is 0 Å². The van der Waals surface area contributed by atoms with E-state index in [-0.39, 0.29) is 18.4 Å². The van der Waals surface area contributed by atoms with Gasteiger partial charge in [0.1, 0.15) is 6.54 Å². The molecule has 0 saturated heterocycles. The lowest BCUT2D eigenvalue weighted by Crippen LogP contribution is -2.43. The average molecular weight is 437 g/mol. The van der Waals surface area contributed by atoms with E-state index in [2.05, 4.69) is 19.2 Å². The van der Waals surface area contributed by atoms with Gasteiger partial charge in [0.2, 0.25) is 5.91 Å². The number of thioether (sulfide) groups is 1. The van der Waals surface area contributed by atoms with Crippen LogP contribution in [0.2, 0.25) is 0 Å². The number of carbonyl (C=O) groups is 2. The zero-order chi connectivity index (χ0) is 22.2. The Morgan fingerprint density at radius 3 is 2.58 bits per heavy atom. The number of hydrogen-bond acceptors (Lipinski definition) is 3. The molecule has 1 aliphatic rings.